The average Bonchev–Trinajstić information content (AvgIpc) is 2.54. The van der Waals surface area contributed by atoms with Crippen molar-refractivity contribution >= 4 is 27.5 Å². The molecule has 4 nitrogen and oxygen atoms in total. The fourth-order valence-corrected chi connectivity index (χ4v) is 2.15. The summed E-state index contributed by atoms with van der Waals surface area (Å²) in [4.78, 5) is 11.8. The standard InChI is InChI=1S/C18H19BrN2O2/c1-12-4-9-17(10-13(12)2)23-11-18(22)21-20-14(3)15-5-7-16(19)8-6-15/h4-10H,11H2,1-3H3,(H,21,22). The molecule has 2 aromatic carbocycles. The van der Waals surface area contributed by atoms with Gasteiger partial charge in [0.15, 0.2) is 6.61 Å². The number of hydrogen-bond donors (Lipinski definition) is 1. The summed E-state index contributed by atoms with van der Waals surface area (Å²) in [5.74, 6) is 0.386. The third-order valence-corrected chi connectivity index (χ3v) is 3.99. The summed E-state index contributed by atoms with van der Waals surface area (Å²) in [6.45, 7) is 5.81. The summed E-state index contributed by atoms with van der Waals surface area (Å²) in [5, 5.41) is 4.09. The van der Waals surface area contributed by atoms with E-state index in [4.69, 9.17) is 4.74 Å². The minimum atomic E-state index is -0.292. The maximum Gasteiger partial charge on any atom is 0.277 e. The molecule has 0 aliphatic rings. The number of carbonyl (C=O) groups excluding carboxylic acids is 1. The van der Waals surface area contributed by atoms with Gasteiger partial charge in [-0.2, -0.15) is 5.10 Å². The van der Waals surface area contributed by atoms with E-state index in [1.807, 2.05) is 63.2 Å². The highest BCUT2D eigenvalue weighted by molar-refractivity contribution is 9.10. The van der Waals surface area contributed by atoms with Gasteiger partial charge in [-0.05, 0) is 61.7 Å². The predicted molar refractivity (Wildman–Crippen MR) is 95.9 cm³/mol. The number of nitrogens with zero attached hydrogens (tertiary/aromatic N) is 1. The van der Waals surface area contributed by atoms with Gasteiger partial charge in [-0.3, -0.25) is 4.79 Å². The molecule has 0 heterocycles. The molecule has 0 saturated heterocycles. The zero-order chi connectivity index (χ0) is 16.8. The highest BCUT2D eigenvalue weighted by Crippen LogP contribution is 2.16. The first-order valence-electron chi connectivity index (χ1n) is 7.25. The van der Waals surface area contributed by atoms with Crippen LogP contribution < -0.4 is 10.2 Å². The Morgan fingerprint density at radius 3 is 2.48 bits per heavy atom. The van der Waals surface area contributed by atoms with Crippen LogP contribution >= 0.6 is 15.9 Å². The zero-order valence-electron chi connectivity index (χ0n) is 13.4. The lowest BCUT2D eigenvalue weighted by molar-refractivity contribution is -0.123. The normalized spacial score (nSPS) is 11.2. The van der Waals surface area contributed by atoms with Crippen LogP contribution in [0.4, 0.5) is 0 Å². The number of ether oxygens (including phenoxy) is 1. The number of hydrogen-bond acceptors (Lipinski definition) is 3. The first-order chi connectivity index (χ1) is 11.0. The van der Waals surface area contributed by atoms with E-state index in [0.29, 0.717) is 5.75 Å². The van der Waals surface area contributed by atoms with Crippen LogP contribution in [0.3, 0.4) is 0 Å². The number of hydrazone groups is 1. The Morgan fingerprint density at radius 2 is 1.83 bits per heavy atom. The van der Waals surface area contributed by atoms with Crippen molar-refractivity contribution in [2.45, 2.75) is 20.8 Å². The lowest BCUT2D eigenvalue weighted by Gasteiger charge is -2.08. The highest BCUT2D eigenvalue weighted by Gasteiger charge is 2.04. The molecular weight excluding hydrogens is 356 g/mol. The third-order valence-electron chi connectivity index (χ3n) is 3.46. The van der Waals surface area contributed by atoms with Gasteiger partial charge >= 0.3 is 0 Å². The lowest BCUT2D eigenvalue weighted by Crippen LogP contribution is -2.25. The maximum atomic E-state index is 11.8. The molecular formula is C18H19BrN2O2. The fraction of sp³-hybridized carbons (Fsp3) is 0.222. The number of amides is 1. The van der Waals surface area contributed by atoms with Gasteiger partial charge in [0.05, 0.1) is 5.71 Å². The second-order valence-corrected chi connectivity index (χ2v) is 6.19. The molecule has 0 spiro atoms. The number of aryl methyl sites for hydroxylation is 2. The minimum absolute atomic E-state index is 0.0698. The molecule has 0 fully saturated rings. The first kappa shape index (κ1) is 17.2. The molecule has 0 saturated carbocycles. The van der Waals surface area contributed by atoms with Crippen molar-refractivity contribution < 1.29 is 9.53 Å². The van der Waals surface area contributed by atoms with Gasteiger partial charge in [-0.15, -0.1) is 0 Å². The number of carbonyl (C=O) groups is 1. The van der Waals surface area contributed by atoms with Crippen LogP contribution in [0.2, 0.25) is 0 Å². The van der Waals surface area contributed by atoms with Crippen molar-refractivity contribution in [1.82, 2.24) is 5.43 Å². The van der Waals surface area contributed by atoms with E-state index < -0.39 is 0 Å². The van der Waals surface area contributed by atoms with Crippen LogP contribution in [0.1, 0.15) is 23.6 Å². The van der Waals surface area contributed by atoms with Gasteiger partial charge < -0.3 is 4.74 Å². The largest absolute Gasteiger partial charge is 0.484 e. The van der Waals surface area contributed by atoms with E-state index in [0.717, 1.165) is 21.3 Å². The summed E-state index contributed by atoms with van der Waals surface area (Å²) in [5.41, 5.74) is 6.51. The molecule has 0 aliphatic carbocycles. The molecule has 0 radical (unpaired) electrons. The molecule has 23 heavy (non-hydrogen) atoms. The Bertz CT molecular complexity index is 724. The fourth-order valence-electron chi connectivity index (χ4n) is 1.89. The summed E-state index contributed by atoms with van der Waals surface area (Å²) < 4.78 is 6.47. The zero-order valence-corrected chi connectivity index (χ0v) is 15.0. The van der Waals surface area contributed by atoms with Gasteiger partial charge in [-0.25, -0.2) is 5.43 Å². The Morgan fingerprint density at radius 1 is 1.13 bits per heavy atom. The molecule has 120 valence electrons. The van der Waals surface area contributed by atoms with Crippen molar-refractivity contribution in [2.24, 2.45) is 5.10 Å². The molecule has 2 aromatic rings. The van der Waals surface area contributed by atoms with E-state index in [1.165, 1.54) is 5.56 Å². The van der Waals surface area contributed by atoms with Crippen molar-refractivity contribution in [3.8, 4) is 5.75 Å². The van der Waals surface area contributed by atoms with Gasteiger partial charge in [-0.1, -0.05) is 34.1 Å². The maximum absolute atomic E-state index is 11.8. The third kappa shape index (κ3) is 5.21. The monoisotopic (exact) mass is 374 g/mol. The molecule has 1 amide bonds. The Kier molecular flexibility index (Phi) is 5.93. The summed E-state index contributed by atoms with van der Waals surface area (Å²) in [7, 11) is 0. The molecule has 0 atom stereocenters. The van der Waals surface area contributed by atoms with Crippen LogP contribution in [0.25, 0.3) is 0 Å². The summed E-state index contributed by atoms with van der Waals surface area (Å²) >= 11 is 3.38. The second kappa shape index (κ2) is 7.92. The van der Waals surface area contributed by atoms with Gasteiger partial charge in [0, 0.05) is 4.47 Å². The Hall–Kier alpha value is -2.14. The number of rotatable bonds is 5. The average molecular weight is 375 g/mol. The molecule has 5 heteroatoms. The van der Waals surface area contributed by atoms with Gasteiger partial charge in [0.25, 0.3) is 5.91 Å². The molecule has 0 unspecified atom stereocenters. The van der Waals surface area contributed by atoms with Crippen molar-refractivity contribution in [1.29, 1.82) is 0 Å². The first-order valence-corrected chi connectivity index (χ1v) is 8.04. The van der Waals surface area contributed by atoms with Gasteiger partial charge in [0.2, 0.25) is 0 Å². The van der Waals surface area contributed by atoms with E-state index >= 15 is 0 Å². The summed E-state index contributed by atoms with van der Waals surface area (Å²) in [6.07, 6.45) is 0. The van der Waals surface area contributed by atoms with Crippen LogP contribution in [-0.2, 0) is 4.79 Å². The molecule has 0 aromatic heterocycles. The number of nitrogens with one attached hydrogen (secondary N) is 1. The predicted octanol–water partition coefficient (Wildman–Crippen LogP) is 3.99. The summed E-state index contributed by atoms with van der Waals surface area (Å²) in [6, 6.07) is 13.5. The van der Waals surface area contributed by atoms with Crippen LogP contribution in [0, 0.1) is 13.8 Å². The minimum Gasteiger partial charge on any atom is -0.484 e. The van der Waals surface area contributed by atoms with Crippen molar-refractivity contribution in [2.75, 3.05) is 6.61 Å². The van der Waals surface area contributed by atoms with Crippen LogP contribution in [-0.4, -0.2) is 18.2 Å². The van der Waals surface area contributed by atoms with E-state index in [2.05, 4.69) is 26.5 Å². The van der Waals surface area contributed by atoms with Crippen molar-refractivity contribution in [3.63, 3.8) is 0 Å². The number of benzene rings is 2. The SMILES string of the molecule is CC(=NNC(=O)COc1ccc(C)c(C)c1)c1ccc(Br)cc1. The topological polar surface area (TPSA) is 50.7 Å². The smallest absolute Gasteiger partial charge is 0.277 e. The second-order valence-electron chi connectivity index (χ2n) is 5.27. The molecule has 0 bridgehead atoms. The lowest BCUT2D eigenvalue weighted by atomic mass is 10.1. The van der Waals surface area contributed by atoms with Crippen LogP contribution in [0.5, 0.6) is 5.75 Å². The highest BCUT2D eigenvalue weighted by atomic mass is 79.9. The Balaban J connectivity index is 1.88. The van der Waals surface area contributed by atoms with E-state index in [1.54, 1.807) is 0 Å². The quantitative estimate of drug-likeness (QED) is 0.635. The molecule has 1 N–H and O–H groups in total. The van der Waals surface area contributed by atoms with Crippen molar-refractivity contribution in [3.05, 3.63) is 63.6 Å². The molecule has 2 rings (SSSR count). The van der Waals surface area contributed by atoms with E-state index in [9.17, 15) is 4.79 Å². The number of halogens is 1. The van der Waals surface area contributed by atoms with Crippen LogP contribution in [0.15, 0.2) is 52.0 Å². The molecule has 0 aliphatic heterocycles. The van der Waals surface area contributed by atoms with E-state index in [-0.39, 0.29) is 12.5 Å². The Labute approximate surface area is 144 Å². The van der Waals surface area contributed by atoms with Gasteiger partial charge in [0.1, 0.15) is 5.75 Å².